The molecule has 2 aliphatic rings. The predicted octanol–water partition coefficient (Wildman–Crippen LogP) is 4.11. The summed E-state index contributed by atoms with van der Waals surface area (Å²) in [5, 5.41) is 0.300. The number of carbonyl (C=O) groups excluding carboxylic acids is 1. The van der Waals surface area contributed by atoms with Gasteiger partial charge in [-0.05, 0) is 25.8 Å². The van der Waals surface area contributed by atoms with Gasteiger partial charge in [0.25, 0.3) is 5.91 Å². The number of halogens is 2. The lowest BCUT2D eigenvalue weighted by atomic mass is 10.1. The second-order valence-corrected chi connectivity index (χ2v) is 8.67. The van der Waals surface area contributed by atoms with E-state index in [-0.39, 0.29) is 17.2 Å². The topological polar surface area (TPSA) is 45.7 Å². The van der Waals surface area contributed by atoms with Gasteiger partial charge in [0.05, 0.1) is 12.8 Å². The quantitative estimate of drug-likeness (QED) is 0.746. The third-order valence-electron chi connectivity index (χ3n) is 5.91. The number of ether oxygens (including phenoxy) is 1. The molecule has 0 radical (unpaired) electrons. The van der Waals surface area contributed by atoms with Crippen LogP contribution in [0, 0.1) is 18.6 Å². The highest BCUT2D eigenvalue weighted by atomic mass is 32.1. The van der Waals surface area contributed by atoms with E-state index in [0.29, 0.717) is 34.7 Å². The van der Waals surface area contributed by atoms with Crippen molar-refractivity contribution in [3.05, 3.63) is 34.3 Å². The Morgan fingerprint density at radius 2 is 1.83 bits per heavy atom. The summed E-state index contributed by atoms with van der Waals surface area (Å²) in [4.78, 5) is 22.2. The molecular weight excluding hydrogens is 396 g/mol. The van der Waals surface area contributed by atoms with Crippen LogP contribution >= 0.6 is 11.3 Å². The minimum absolute atomic E-state index is 0.0431. The molecule has 1 saturated carbocycles. The van der Waals surface area contributed by atoms with Crippen LogP contribution in [0.5, 0.6) is 5.75 Å². The number of amides is 1. The molecule has 1 aliphatic carbocycles. The van der Waals surface area contributed by atoms with E-state index in [1.54, 1.807) is 6.92 Å². The molecule has 2 heterocycles. The molecule has 0 unspecified atom stereocenters. The van der Waals surface area contributed by atoms with Crippen LogP contribution in [0.15, 0.2) is 12.1 Å². The van der Waals surface area contributed by atoms with Crippen LogP contribution in [0.25, 0.3) is 10.6 Å². The highest BCUT2D eigenvalue weighted by Crippen LogP contribution is 2.34. The van der Waals surface area contributed by atoms with E-state index in [0.717, 1.165) is 36.6 Å². The number of carbonyl (C=O) groups is 1. The zero-order valence-corrected chi connectivity index (χ0v) is 17.5. The van der Waals surface area contributed by atoms with Crippen LogP contribution < -0.4 is 4.74 Å². The first-order valence-electron chi connectivity index (χ1n) is 10.0. The molecular formula is C21H25F2N3O2S. The highest BCUT2D eigenvalue weighted by molar-refractivity contribution is 7.17. The SMILES string of the molecule is COc1cc(F)c(-c2nc(C)c(C(=O)N3CCN(C4CCCC4)CC3)s2)cc1F. The van der Waals surface area contributed by atoms with Crippen molar-refractivity contribution < 1.29 is 18.3 Å². The zero-order chi connectivity index (χ0) is 20.5. The van der Waals surface area contributed by atoms with E-state index in [9.17, 15) is 13.6 Å². The maximum Gasteiger partial charge on any atom is 0.265 e. The normalized spacial score (nSPS) is 18.4. The maximum atomic E-state index is 14.4. The van der Waals surface area contributed by atoms with Crippen LogP contribution in [-0.2, 0) is 0 Å². The number of thiazole rings is 1. The molecule has 1 aromatic heterocycles. The number of piperazine rings is 1. The van der Waals surface area contributed by atoms with Crippen molar-refractivity contribution in [2.45, 2.75) is 38.6 Å². The fourth-order valence-electron chi connectivity index (χ4n) is 4.26. The van der Waals surface area contributed by atoms with Gasteiger partial charge < -0.3 is 9.64 Å². The summed E-state index contributed by atoms with van der Waals surface area (Å²) in [6, 6.07) is 2.74. The highest BCUT2D eigenvalue weighted by Gasteiger charge is 2.30. The number of aromatic nitrogens is 1. The molecule has 5 nitrogen and oxygen atoms in total. The van der Waals surface area contributed by atoms with Crippen LogP contribution in [0.2, 0.25) is 0 Å². The monoisotopic (exact) mass is 421 g/mol. The van der Waals surface area contributed by atoms with Gasteiger partial charge in [0.15, 0.2) is 11.6 Å². The smallest absolute Gasteiger partial charge is 0.265 e. The molecule has 0 N–H and O–H groups in total. The molecule has 1 saturated heterocycles. The predicted molar refractivity (Wildman–Crippen MR) is 108 cm³/mol. The number of hydrogen-bond donors (Lipinski definition) is 0. The molecule has 0 bridgehead atoms. The Kier molecular flexibility index (Phi) is 5.83. The summed E-state index contributed by atoms with van der Waals surface area (Å²) in [5.74, 6) is -1.52. The summed E-state index contributed by atoms with van der Waals surface area (Å²) >= 11 is 1.11. The van der Waals surface area contributed by atoms with Crippen molar-refractivity contribution in [3.8, 4) is 16.3 Å². The lowest BCUT2D eigenvalue weighted by Gasteiger charge is -2.37. The molecule has 0 spiro atoms. The summed E-state index contributed by atoms with van der Waals surface area (Å²) in [6.45, 7) is 4.89. The maximum absolute atomic E-state index is 14.4. The molecule has 1 aromatic carbocycles. The van der Waals surface area contributed by atoms with Crippen molar-refractivity contribution in [3.63, 3.8) is 0 Å². The first-order valence-corrected chi connectivity index (χ1v) is 10.8. The molecule has 4 rings (SSSR count). The van der Waals surface area contributed by atoms with Gasteiger partial charge in [0, 0.05) is 43.9 Å². The van der Waals surface area contributed by atoms with Crippen LogP contribution in [0.1, 0.15) is 41.0 Å². The van der Waals surface area contributed by atoms with Crippen molar-refractivity contribution in [2.75, 3.05) is 33.3 Å². The van der Waals surface area contributed by atoms with Crippen molar-refractivity contribution in [1.29, 1.82) is 0 Å². The van der Waals surface area contributed by atoms with Gasteiger partial charge in [0.1, 0.15) is 15.7 Å². The molecule has 0 atom stereocenters. The van der Waals surface area contributed by atoms with E-state index in [1.165, 1.54) is 32.8 Å². The Bertz CT molecular complexity index is 904. The molecule has 1 aliphatic heterocycles. The molecule has 29 heavy (non-hydrogen) atoms. The van der Waals surface area contributed by atoms with Gasteiger partial charge in [0.2, 0.25) is 0 Å². The summed E-state index contributed by atoms with van der Waals surface area (Å²) in [6.07, 6.45) is 5.12. The Balaban J connectivity index is 1.50. The van der Waals surface area contributed by atoms with Crippen LogP contribution in [0.3, 0.4) is 0 Å². The minimum Gasteiger partial charge on any atom is -0.494 e. The number of aryl methyl sites for hydroxylation is 1. The summed E-state index contributed by atoms with van der Waals surface area (Å²) in [5.41, 5.74) is 0.588. The van der Waals surface area contributed by atoms with Gasteiger partial charge in [-0.2, -0.15) is 0 Å². The summed E-state index contributed by atoms with van der Waals surface area (Å²) in [7, 11) is 1.29. The lowest BCUT2D eigenvalue weighted by Crippen LogP contribution is -2.51. The minimum atomic E-state index is -0.660. The number of benzene rings is 1. The van der Waals surface area contributed by atoms with Crippen LogP contribution in [-0.4, -0.2) is 60.0 Å². The van der Waals surface area contributed by atoms with Crippen molar-refractivity contribution in [2.24, 2.45) is 0 Å². The number of methoxy groups -OCH3 is 1. The lowest BCUT2D eigenvalue weighted by molar-refractivity contribution is 0.0577. The number of hydrogen-bond acceptors (Lipinski definition) is 5. The van der Waals surface area contributed by atoms with E-state index < -0.39 is 11.6 Å². The Hall–Kier alpha value is -2.06. The molecule has 2 aromatic rings. The average molecular weight is 422 g/mol. The van der Waals surface area contributed by atoms with Gasteiger partial charge >= 0.3 is 0 Å². The van der Waals surface area contributed by atoms with Crippen molar-refractivity contribution >= 4 is 17.2 Å². The number of nitrogens with zero attached hydrogens (tertiary/aromatic N) is 3. The summed E-state index contributed by atoms with van der Waals surface area (Å²) < 4.78 is 33.3. The Morgan fingerprint density at radius 3 is 2.48 bits per heavy atom. The van der Waals surface area contributed by atoms with E-state index in [2.05, 4.69) is 9.88 Å². The third-order valence-corrected chi connectivity index (χ3v) is 7.08. The average Bonchev–Trinajstić information content (AvgIpc) is 3.39. The standard InChI is InChI=1S/C21H25F2N3O2S/c1-13-19(21(27)26-9-7-25(8-10-26)14-5-3-4-6-14)29-20(24-13)15-11-17(23)18(28-2)12-16(15)22/h11-12,14H,3-10H2,1-2H3. The molecule has 156 valence electrons. The fourth-order valence-corrected chi connectivity index (χ4v) is 5.31. The zero-order valence-electron chi connectivity index (χ0n) is 16.7. The van der Waals surface area contributed by atoms with Crippen LogP contribution in [0.4, 0.5) is 8.78 Å². The second-order valence-electron chi connectivity index (χ2n) is 7.67. The van der Waals surface area contributed by atoms with Gasteiger partial charge in [-0.25, -0.2) is 13.8 Å². The Morgan fingerprint density at radius 1 is 1.14 bits per heavy atom. The van der Waals surface area contributed by atoms with E-state index in [4.69, 9.17) is 4.74 Å². The number of rotatable bonds is 4. The second kappa shape index (κ2) is 8.36. The van der Waals surface area contributed by atoms with Gasteiger partial charge in [-0.15, -0.1) is 11.3 Å². The molecule has 2 fully saturated rings. The third kappa shape index (κ3) is 4.00. The Labute approximate surface area is 173 Å². The first-order chi connectivity index (χ1) is 14.0. The fraction of sp³-hybridized carbons (Fsp3) is 0.524. The first kappa shape index (κ1) is 20.2. The van der Waals surface area contributed by atoms with Crippen molar-refractivity contribution in [1.82, 2.24) is 14.8 Å². The largest absolute Gasteiger partial charge is 0.494 e. The van der Waals surface area contributed by atoms with E-state index in [1.807, 2.05) is 4.90 Å². The molecule has 8 heteroatoms. The molecule has 1 amide bonds. The van der Waals surface area contributed by atoms with Gasteiger partial charge in [-0.1, -0.05) is 12.8 Å². The van der Waals surface area contributed by atoms with Gasteiger partial charge in [-0.3, -0.25) is 9.69 Å². The van der Waals surface area contributed by atoms with E-state index >= 15 is 0 Å².